The smallest absolute Gasteiger partial charge is 0.307 e. The fraction of sp³-hybridized carbons (Fsp3) is 0.261. The van der Waals surface area contributed by atoms with Gasteiger partial charge in [0.1, 0.15) is 0 Å². The maximum absolute atomic E-state index is 13.5. The van der Waals surface area contributed by atoms with Gasteiger partial charge < -0.3 is 4.90 Å². The van der Waals surface area contributed by atoms with Gasteiger partial charge in [-0.25, -0.2) is 4.68 Å². The first-order valence-electron chi connectivity index (χ1n) is 9.70. The molecular formula is C23H22F3N3O2. The summed E-state index contributed by atoms with van der Waals surface area (Å²) in [4.78, 5) is 27.2. The Balaban J connectivity index is 2.16. The van der Waals surface area contributed by atoms with E-state index in [0.29, 0.717) is 5.69 Å². The van der Waals surface area contributed by atoms with E-state index in [0.717, 1.165) is 27.9 Å². The SMILES string of the molecule is CCN(C(=O)c1nn(-c2ccccc2C(F)(F)F)c(C)cc1=O)c1cc(C)cc(C)c1. The van der Waals surface area contributed by atoms with Gasteiger partial charge in [-0.1, -0.05) is 18.2 Å². The molecule has 5 nitrogen and oxygen atoms in total. The molecule has 8 heteroatoms. The van der Waals surface area contributed by atoms with Gasteiger partial charge in [-0.15, -0.1) is 0 Å². The summed E-state index contributed by atoms with van der Waals surface area (Å²) in [7, 11) is 0. The Hall–Kier alpha value is -3.42. The minimum atomic E-state index is -4.62. The van der Waals surface area contributed by atoms with Crippen molar-refractivity contribution >= 4 is 11.6 Å². The zero-order valence-corrected chi connectivity index (χ0v) is 17.6. The number of benzene rings is 2. The molecule has 1 aromatic heterocycles. The number of carbonyl (C=O) groups is 1. The number of para-hydroxylation sites is 1. The highest BCUT2D eigenvalue weighted by atomic mass is 19.4. The van der Waals surface area contributed by atoms with Crippen LogP contribution in [0.5, 0.6) is 0 Å². The van der Waals surface area contributed by atoms with Crippen LogP contribution in [0.15, 0.2) is 53.3 Å². The van der Waals surface area contributed by atoms with Crippen LogP contribution in [-0.4, -0.2) is 22.2 Å². The number of nitrogens with zero attached hydrogens (tertiary/aromatic N) is 3. The number of hydrogen-bond donors (Lipinski definition) is 0. The van der Waals surface area contributed by atoms with Gasteiger partial charge in [0.05, 0.1) is 11.3 Å². The van der Waals surface area contributed by atoms with Gasteiger partial charge in [0, 0.05) is 24.0 Å². The summed E-state index contributed by atoms with van der Waals surface area (Å²) in [5.74, 6) is -0.671. The van der Waals surface area contributed by atoms with Crippen molar-refractivity contribution in [2.45, 2.75) is 33.9 Å². The molecule has 1 heterocycles. The third-order valence-corrected chi connectivity index (χ3v) is 4.83. The van der Waals surface area contributed by atoms with Crippen LogP contribution in [0.2, 0.25) is 0 Å². The number of aromatic nitrogens is 2. The second kappa shape index (κ2) is 8.37. The molecule has 0 radical (unpaired) electrons. The van der Waals surface area contributed by atoms with Crippen molar-refractivity contribution in [3.8, 4) is 5.69 Å². The summed E-state index contributed by atoms with van der Waals surface area (Å²) in [5, 5.41) is 4.07. The summed E-state index contributed by atoms with van der Waals surface area (Å²) in [5.41, 5.74) is 0.408. The Labute approximate surface area is 177 Å². The number of aryl methyl sites for hydroxylation is 3. The third kappa shape index (κ3) is 4.52. The topological polar surface area (TPSA) is 55.2 Å². The fourth-order valence-corrected chi connectivity index (χ4v) is 3.52. The number of hydrogen-bond acceptors (Lipinski definition) is 3. The molecule has 162 valence electrons. The number of halogens is 3. The van der Waals surface area contributed by atoms with Gasteiger partial charge in [0.2, 0.25) is 5.43 Å². The van der Waals surface area contributed by atoms with Gasteiger partial charge in [-0.2, -0.15) is 18.3 Å². The van der Waals surface area contributed by atoms with Crippen LogP contribution in [0, 0.1) is 20.8 Å². The van der Waals surface area contributed by atoms with E-state index in [1.165, 1.54) is 30.0 Å². The normalized spacial score (nSPS) is 11.5. The summed E-state index contributed by atoms with van der Waals surface area (Å²) < 4.78 is 41.5. The highest BCUT2D eigenvalue weighted by Crippen LogP contribution is 2.33. The Morgan fingerprint density at radius 3 is 2.23 bits per heavy atom. The number of rotatable bonds is 4. The van der Waals surface area contributed by atoms with Gasteiger partial charge in [-0.3, -0.25) is 9.59 Å². The lowest BCUT2D eigenvalue weighted by atomic mass is 10.1. The number of anilines is 1. The van der Waals surface area contributed by atoms with E-state index in [2.05, 4.69) is 5.10 Å². The van der Waals surface area contributed by atoms with Crippen LogP contribution in [-0.2, 0) is 6.18 Å². The summed E-state index contributed by atoms with van der Waals surface area (Å²) in [6.45, 7) is 7.26. The van der Waals surface area contributed by atoms with Crippen LogP contribution in [0.3, 0.4) is 0 Å². The molecule has 0 N–H and O–H groups in total. The van der Waals surface area contributed by atoms with Crippen molar-refractivity contribution in [3.05, 3.63) is 86.8 Å². The molecule has 0 spiro atoms. The second-order valence-electron chi connectivity index (χ2n) is 7.32. The van der Waals surface area contributed by atoms with Crippen LogP contribution >= 0.6 is 0 Å². The first-order chi connectivity index (χ1) is 14.5. The minimum Gasteiger partial charge on any atom is -0.307 e. The van der Waals surface area contributed by atoms with Gasteiger partial charge >= 0.3 is 6.18 Å². The van der Waals surface area contributed by atoms with Crippen molar-refractivity contribution in [2.24, 2.45) is 0 Å². The average molecular weight is 429 g/mol. The maximum atomic E-state index is 13.5. The molecule has 0 fully saturated rings. The molecule has 3 aromatic rings. The average Bonchev–Trinajstić information content (AvgIpc) is 2.67. The number of amides is 1. The van der Waals surface area contributed by atoms with Crippen molar-refractivity contribution in [2.75, 3.05) is 11.4 Å². The number of carbonyl (C=O) groups excluding carboxylic acids is 1. The van der Waals surface area contributed by atoms with Crippen LogP contribution in [0.1, 0.15) is 39.8 Å². The molecule has 0 aliphatic carbocycles. The van der Waals surface area contributed by atoms with E-state index in [4.69, 9.17) is 0 Å². The maximum Gasteiger partial charge on any atom is 0.418 e. The van der Waals surface area contributed by atoms with E-state index in [-0.39, 0.29) is 17.9 Å². The van der Waals surface area contributed by atoms with Crippen molar-refractivity contribution < 1.29 is 18.0 Å². The molecule has 0 atom stereocenters. The van der Waals surface area contributed by atoms with Gasteiger partial charge in [0.25, 0.3) is 5.91 Å². The molecule has 3 rings (SSSR count). The molecule has 0 bridgehead atoms. The molecule has 0 unspecified atom stereocenters. The summed E-state index contributed by atoms with van der Waals surface area (Å²) in [6, 6.07) is 11.6. The minimum absolute atomic E-state index is 0.188. The Bertz CT molecular complexity index is 1180. The largest absolute Gasteiger partial charge is 0.418 e. The highest BCUT2D eigenvalue weighted by Gasteiger charge is 2.34. The molecule has 1 amide bonds. The molecule has 2 aromatic carbocycles. The van der Waals surface area contributed by atoms with E-state index >= 15 is 0 Å². The van der Waals surface area contributed by atoms with Gasteiger partial charge in [0.15, 0.2) is 5.69 Å². The van der Waals surface area contributed by atoms with Gasteiger partial charge in [-0.05, 0) is 63.1 Å². The molecule has 0 aliphatic heterocycles. The Morgan fingerprint density at radius 2 is 1.65 bits per heavy atom. The van der Waals surface area contributed by atoms with E-state index in [9.17, 15) is 22.8 Å². The standard InChI is InChI=1S/C23H22F3N3O2/c1-5-28(17-11-14(2)10-15(3)12-17)22(31)21-20(30)13-16(4)29(27-21)19-9-7-6-8-18(19)23(24,25)26/h6-13H,5H2,1-4H3. The predicted molar refractivity (Wildman–Crippen MR) is 113 cm³/mol. The third-order valence-electron chi connectivity index (χ3n) is 4.83. The highest BCUT2D eigenvalue weighted by molar-refractivity contribution is 6.04. The van der Waals surface area contributed by atoms with Crippen LogP contribution in [0.25, 0.3) is 5.69 Å². The van der Waals surface area contributed by atoms with E-state index < -0.39 is 28.8 Å². The second-order valence-corrected chi connectivity index (χ2v) is 7.32. The Morgan fingerprint density at radius 1 is 1.03 bits per heavy atom. The summed E-state index contributed by atoms with van der Waals surface area (Å²) >= 11 is 0. The zero-order valence-electron chi connectivity index (χ0n) is 17.6. The molecule has 0 aliphatic rings. The predicted octanol–water partition coefficient (Wildman–Crippen LogP) is 4.84. The summed E-state index contributed by atoms with van der Waals surface area (Å²) in [6.07, 6.45) is -4.62. The lowest BCUT2D eigenvalue weighted by molar-refractivity contribution is -0.137. The van der Waals surface area contributed by atoms with Crippen molar-refractivity contribution in [1.82, 2.24) is 9.78 Å². The van der Waals surface area contributed by atoms with Crippen LogP contribution < -0.4 is 10.3 Å². The monoisotopic (exact) mass is 429 g/mol. The van der Waals surface area contributed by atoms with Crippen molar-refractivity contribution in [1.29, 1.82) is 0 Å². The zero-order chi connectivity index (χ0) is 22.9. The molecular weight excluding hydrogens is 407 g/mol. The lowest BCUT2D eigenvalue weighted by Gasteiger charge is -2.22. The molecule has 0 saturated heterocycles. The Kier molecular flexibility index (Phi) is 6.01. The fourth-order valence-electron chi connectivity index (χ4n) is 3.52. The lowest BCUT2D eigenvalue weighted by Crippen LogP contribution is -2.36. The first-order valence-corrected chi connectivity index (χ1v) is 9.70. The molecule has 31 heavy (non-hydrogen) atoms. The van der Waals surface area contributed by atoms with E-state index in [1.807, 2.05) is 19.9 Å². The van der Waals surface area contributed by atoms with Crippen molar-refractivity contribution in [3.63, 3.8) is 0 Å². The van der Waals surface area contributed by atoms with E-state index in [1.54, 1.807) is 19.1 Å². The first kappa shape index (κ1) is 22.3. The molecule has 0 saturated carbocycles. The van der Waals surface area contributed by atoms with Crippen LogP contribution in [0.4, 0.5) is 18.9 Å². The number of alkyl halides is 3. The quantitative estimate of drug-likeness (QED) is 0.596.